The third-order valence-corrected chi connectivity index (χ3v) is 1.84. The Bertz CT molecular complexity index is 261. The molecule has 2 nitrogen and oxygen atoms in total. The van der Waals surface area contributed by atoms with Gasteiger partial charge in [-0.2, -0.15) is 0 Å². The second-order valence-electron chi connectivity index (χ2n) is 2.49. The fourth-order valence-corrected chi connectivity index (χ4v) is 1.04. The molecule has 0 unspecified atom stereocenters. The van der Waals surface area contributed by atoms with Gasteiger partial charge in [0.1, 0.15) is 11.5 Å². The summed E-state index contributed by atoms with van der Waals surface area (Å²) in [6.45, 7) is 2.49. The van der Waals surface area contributed by atoms with E-state index < -0.39 is 0 Å². The van der Waals surface area contributed by atoms with Gasteiger partial charge >= 0.3 is 0 Å². The molecule has 0 radical (unpaired) electrons. The third-order valence-electron chi connectivity index (χ3n) is 1.51. The predicted octanol–water partition coefficient (Wildman–Crippen LogP) is 2.47. The van der Waals surface area contributed by atoms with Crippen LogP contribution in [0.3, 0.4) is 0 Å². The third kappa shape index (κ3) is 2.41. The molecule has 0 saturated heterocycles. The molecule has 1 aromatic carbocycles. The van der Waals surface area contributed by atoms with Crippen LogP contribution in [0.25, 0.3) is 0 Å². The van der Waals surface area contributed by atoms with Crippen LogP contribution in [0, 0.1) is 6.92 Å². The molecule has 3 heteroatoms. The smallest absolute Gasteiger partial charge is 0.119 e. The molecule has 0 heterocycles. The van der Waals surface area contributed by atoms with Crippen molar-refractivity contribution in [2.24, 2.45) is 0 Å². The van der Waals surface area contributed by atoms with Crippen LogP contribution in [-0.4, -0.2) is 17.0 Å². The number of alkyl halides is 1. The highest BCUT2D eigenvalue weighted by Crippen LogP contribution is 2.21. The Morgan fingerprint density at radius 2 is 2.25 bits per heavy atom. The average Bonchev–Trinajstić information content (AvgIpc) is 2.07. The van der Waals surface area contributed by atoms with E-state index in [9.17, 15) is 5.11 Å². The summed E-state index contributed by atoms with van der Waals surface area (Å²) in [7, 11) is 0. The van der Waals surface area contributed by atoms with Crippen LogP contribution >= 0.6 is 15.9 Å². The van der Waals surface area contributed by atoms with E-state index in [1.807, 2.05) is 13.0 Å². The van der Waals surface area contributed by atoms with Crippen LogP contribution in [0.15, 0.2) is 18.2 Å². The van der Waals surface area contributed by atoms with Gasteiger partial charge in [0.05, 0.1) is 6.61 Å². The molecular formula is C9H11BrO2. The molecule has 12 heavy (non-hydrogen) atoms. The Morgan fingerprint density at radius 1 is 1.50 bits per heavy atom. The SMILES string of the molecule is Cc1cc(OCCBr)ccc1O. The van der Waals surface area contributed by atoms with Crippen molar-refractivity contribution in [3.8, 4) is 11.5 Å². The van der Waals surface area contributed by atoms with Crippen LogP contribution in [0.1, 0.15) is 5.56 Å². The number of hydrogen-bond acceptors (Lipinski definition) is 2. The van der Waals surface area contributed by atoms with Crippen molar-refractivity contribution in [3.63, 3.8) is 0 Å². The molecule has 0 bridgehead atoms. The lowest BCUT2D eigenvalue weighted by Crippen LogP contribution is -1.97. The predicted molar refractivity (Wildman–Crippen MR) is 52.1 cm³/mol. The average molecular weight is 231 g/mol. The van der Waals surface area contributed by atoms with Crippen molar-refractivity contribution in [2.75, 3.05) is 11.9 Å². The standard InChI is InChI=1S/C9H11BrO2/c1-7-6-8(12-5-4-10)2-3-9(7)11/h2-3,6,11H,4-5H2,1H3. The van der Waals surface area contributed by atoms with Gasteiger partial charge in [-0.3, -0.25) is 0 Å². The van der Waals surface area contributed by atoms with Crippen molar-refractivity contribution < 1.29 is 9.84 Å². The zero-order valence-electron chi connectivity index (χ0n) is 6.88. The number of benzene rings is 1. The van der Waals surface area contributed by atoms with Gasteiger partial charge in [-0.1, -0.05) is 15.9 Å². The first-order valence-electron chi connectivity index (χ1n) is 3.72. The van der Waals surface area contributed by atoms with Crippen LogP contribution < -0.4 is 4.74 Å². The van der Waals surface area contributed by atoms with E-state index in [1.54, 1.807) is 12.1 Å². The number of ether oxygens (including phenoxy) is 1. The Balaban J connectivity index is 2.69. The minimum absolute atomic E-state index is 0.307. The van der Waals surface area contributed by atoms with Gasteiger partial charge in [0, 0.05) is 5.33 Å². The fourth-order valence-electron chi connectivity index (χ4n) is 0.874. The second-order valence-corrected chi connectivity index (χ2v) is 3.28. The summed E-state index contributed by atoms with van der Waals surface area (Å²) < 4.78 is 5.33. The number of aromatic hydroxyl groups is 1. The Kier molecular flexibility index (Phi) is 3.41. The maximum Gasteiger partial charge on any atom is 0.119 e. The number of rotatable bonds is 3. The first-order chi connectivity index (χ1) is 5.74. The lowest BCUT2D eigenvalue weighted by Gasteiger charge is -2.05. The quantitative estimate of drug-likeness (QED) is 0.809. The maximum absolute atomic E-state index is 9.20. The molecular weight excluding hydrogens is 220 g/mol. The van der Waals surface area contributed by atoms with Crippen molar-refractivity contribution in [1.82, 2.24) is 0 Å². The molecule has 1 rings (SSSR count). The Morgan fingerprint density at radius 3 is 2.83 bits per heavy atom. The summed E-state index contributed by atoms with van der Waals surface area (Å²) in [5.74, 6) is 1.10. The molecule has 1 aromatic rings. The first-order valence-corrected chi connectivity index (χ1v) is 4.84. The van der Waals surface area contributed by atoms with Crippen LogP contribution in [0.5, 0.6) is 11.5 Å². The summed E-state index contributed by atoms with van der Waals surface area (Å²) in [5.41, 5.74) is 0.835. The van der Waals surface area contributed by atoms with Gasteiger partial charge in [0.2, 0.25) is 0 Å². The minimum Gasteiger partial charge on any atom is -0.508 e. The highest BCUT2D eigenvalue weighted by atomic mass is 79.9. The van der Waals surface area contributed by atoms with Gasteiger partial charge in [-0.05, 0) is 30.7 Å². The van der Waals surface area contributed by atoms with Crippen LogP contribution in [0.2, 0.25) is 0 Å². The maximum atomic E-state index is 9.20. The Labute approximate surface area is 80.3 Å². The van der Waals surface area contributed by atoms with E-state index in [2.05, 4.69) is 15.9 Å². The second kappa shape index (κ2) is 4.36. The molecule has 0 spiro atoms. The molecule has 0 fully saturated rings. The van der Waals surface area contributed by atoms with Gasteiger partial charge < -0.3 is 9.84 Å². The van der Waals surface area contributed by atoms with Crippen molar-refractivity contribution >= 4 is 15.9 Å². The van der Waals surface area contributed by atoms with E-state index >= 15 is 0 Å². The molecule has 66 valence electrons. The van der Waals surface area contributed by atoms with Gasteiger partial charge in [-0.15, -0.1) is 0 Å². The summed E-state index contributed by atoms with van der Waals surface area (Å²) >= 11 is 3.27. The number of aryl methyl sites for hydroxylation is 1. The van der Waals surface area contributed by atoms with E-state index in [4.69, 9.17) is 4.74 Å². The highest BCUT2D eigenvalue weighted by molar-refractivity contribution is 9.09. The van der Waals surface area contributed by atoms with Crippen molar-refractivity contribution in [1.29, 1.82) is 0 Å². The normalized spacial score (nSPS) is 9.83. The molecule has 0 aliphatic rings. The summed E-state index contributed by atoms with van der Waals surface area (Å²) in [6, 6.07) is 5.21. The molecule has 0 saturated carbocycles. The van der Waals surface area contributed by atoms with E-state index in [0.717, 1.165) is 16.6 Å². The molecule has 0 aliphatic carbocycles. The lowest BCUT2D eigenvalue weighted by atomic mass is 10.2. The monoisotopic (exact) mass is 230 g/mol. The number of halogens is 1. The van der Waals surface area contributed by atoms with E-state index in [-0.39, 0.29) is 0 Å². The topological polar surface area (TPSA) is 29.5 Å². The van der Waals surface area contributed by atoms with E-state index in [1.165, 1.54) is 0 Å². The first kappa shape index (κ1) is 9.39. The van der Waals surface area contributed by atoms with Gasteiger partial charge in [0.15, 0.2) is 0 Å². The van der Waals surface area contributed by atoms with E-state index in [0.29, 0.717) is 12.4 Å². The molecule has 0 aliphatic heterocycles. The summed E-state index contributed by atoms with van der Waals surface area (Å²) in [6.07, 6.45) is 0. The zero-order chi connectivity index (χ0) is 8.97. The molecule has 0 aromatic heterocycles. The van der Waals surface area contributed by atoms with Crippen molar-refractivity contribution in [3.05, 3.63) is 23.8 Å². The number of phenolic OH excluding ortho intramolecular Hbond substituents is 1. The zero-order valence-corrected chi connectivity index (χ0v) is 8.47. The van der Waals surface area contributed by atoms with Crippen LogP contribution in [0.4, 0.5) is 0 Å². The molecule has 0 amide bonds. The lowest BCUT2D eigenvalue weighted by molar-refractivity contribution is 0.344. The van der Waals surface area contributed by atoms with Gasteiger partial charge in [0.25, 0.3) is 0 Å². The summed E-state index contributed by atoms with van der Waals surface area (Å²) in [4.78, 5) is 0. The van der Waals surface area contributed by atoms with Gasteiger partial charge in [-0.25, -0.2) is 0 Å². The highest BCUT2D eigenvalue weighted by Gasteiger charge is 1.97. The molecule has 0 atom stereocenters. The minimum atomic E-state index is 0.307. The number of phenols is 1. The summed E-state index contributed by atoms with van der Waals surface area (Å²) in [5, 5.41) is 10.0. The van der Waals surface area contributed by atoms with Crippen molar-refractivity contribution in [2.45, 2.75) is 6.92 Å². The fraction of sp³-hybridized carbons (Fsp3) is 0.333. The van der Waals surface area contributed by atoms with Crippen LogP contribution in [-0.2, 0) is 0 Å². The Hall–Kier alpha value is -0.700. The molecule has 1 N–H and O–H groups in total. The number of hydrogen-bond donors (Lipinski definition) is 1. The largest absolute Gasteiger partial charge is 0.508 e.